The van der Waals surface area contributed by atoms with Crippen molar-refractivity contribution in [2.75, 3.05) is 5.32 Å². The van der Waals surface area contributed by atoms with E-state index in [-0.39, 0.29) is 23.2 Å². The minimum Gasteiger partial charge on any atom is -0.479 e. The second-order valence-corrected chi connectivity index (χ2v) is 10.6. The van der Waals surface area contributed by atoms with Crippen LogP contribution in [0.3, 0.4) is 0 Å². The predicted octanol–water partition coefficient (Wildman–Crippen LogP) is 4.10. The smallest absolute Gasteiger partial charge is 0.332 e. The molecule has 2 aliphatic rings. The van der Waals surface area contributed by atoms with E-state index in [4.69, 9.17) is 0 Å². The Kier molecular flexibility index (Phi) is 7.81. The maximum Gasteiger partial charge on any atom is 0.332 e. The SMILES string of the molecule is O=C(Cn1c(=O)c2cc(F)c(NC3CCCCC3)cc2n(C2CCCC2)c1=O)NC(C(=O)O)c1ccccc1. The molecule has 0 saturated heterocycles. The van der Waals surface area contributed by atoms with Gasteiger partial charge in [-0.25, -0.2) is 14.0 Å². The first kappa shape index (κ1) is 26.6. The number of carbonyl (C=O) groups excluding carboxylic acids is 1. The number of anilines is 1. The van der Waals surface area contributed by atoms with Gasteiger partial charge in [0.1, 0.15) is 12.4 Å². The molecule has 1 heterocycles. The molecular weight excluding hydrogens is 503 g/mol. The van der Waals surface area contributed by atoms with Gasteiger partial charge in [0.15, 0.2) is 6.04 Å². The summed E-state index contributed by atoms with van der Waals surface area (Å²) in [6.45, 7) is -0.680. The molecule has 10 heteroatoms. The summed E-state index contributed by atoms with van der Waals surface area (Å²) in [4.78, 5) is 52.0. The van der Waals surface area contributed by atoms with Crippen LogP contribution in [0.2, 0.25) is 0 Å². The van der Waals surface area contributed by atoms with E-state index in [9.17, 15) is 24.3 Å². The van der Waals surface area contributed by atoms with E-state index in [0.717, 1.165) is 68.4 Å². The molecule has 5 rings (SSSR count). The maximum atomic E-state index is 15.3. The van der Waals surface area contributed by atoms with E-state index in [2.05, 4.69) is 10.6 Å². The first-order valence-electron chi connectivity index (χ1n) is 13.7. The highest BCUT2D eigenvalue weighted by atomic mass is 19.1. The van der Waals surface area contributed by atoms with Crippen molar-refractivity contribution in [1.29, 1.82) is 0 Å². The normalized spacial score (nSPS) is 17.3. The highest BCUT2D eigenvalue weighted by molar-refractivity contribution is 5.85. The number of hydrogen-bond acceptors (Lipinski definition) is 5. The van der Waals surface area contributed by atoms with Gasteiger partial charge >= 0.3 is 11.7 Å². The summed E-state index contributed by atoms with van der Waals surface area (Å²) in [7, 11) is 0. The molecule has 1 unspecified atom stereocenters. The van der Waals surface area contributed by atoms with Gasteiger partial charge in [-0.3, -0.25) is 18.7 Å². The molecule has 3 aromatic rings. The molecule has 0 bridgehead atoms. The van der Waals surface area contributed by atoms with Crippen LogP contribution in [0.4, 0.5) is 10.1 Å². The van der Waals surface area contributed by atoms with Crippen molar-refractivity contribution in [2.45, 2.75) is 82.5 Å². The molecule has 1 amide bonds. The monoisotopic (exact) mass is 536 g/mol. The molecule has 2 aromatic carbocycles. The highest BCUT2D eigenvalue weighted by Crippen LogP contribution is 2.32. The maximum absolute atomic E-state index is 15.3. The number of hydrogen-bond donors (Lipinski definition) is 3. The number of nitrogens with one attached hydrogen (secondary N) is 2. The summed E-state index contributed by atoms with van der Waals surface area (Å²) in [5.74, 6) is -2.67. The van der Waals surface area contributed by atoms with Crippen LogP contribution >= 0.6 is 0 Å². The van der Waals surface area contributed by atoms with E-state index in [0.29, 0.717) is 11.1 Å². The summed E-state index contributed by atoms with van der Waals surface area (Å²) in [6.07, 6.45) is 8.47. The van der Waals surface area contributed by atoms with Crippen molar-refractivity contribution >= 4 is 28.5 Å². The third-order valence-corrected chi connectivity index (χ3v) is 7.90. The Morgan fingerprint density at radius 1 is 0.974 bits per heavy atom. The molecular formula is C29H33FN4O5. The number of aliphatic carboxylic acids is 1. The Hall–Kier alpha value is -3.95. The summed E-state index contributed by atoms with van der Waals surface area (Å²) < 4.78 is 17.6. The number of carboxylic acid groups (broad SMARTS) is 1. The summed E-state index contributed by atoms with van der Waals surface area (Å²) >= 11 is 0. The molecule has 2 saturated carbocycles. The Balaban J connectivity index is 1.53. The Morgan fingerprint density at radius 3 is 2.31 bits per heavy atom. The standard InChI is InChI=1S/C29H33FN4O5/c30-22-15-21-24(16-23(22)31-19-11-5-2-6-12-19)34(20-13-7-8-14-20)29(39)33(27(21)36)17-25(35)32-26(28(37)38)18-9-3-1-4-10-18/h1,3-4,9-10,15-16,19-20,26,31H,2,5-8,11-14,17H2,(H,32,35)(H,37,38). The summed E-state index contributed by atoms with van der Waals surface area (Å²) in [6, 6.07) is 9.46. The topological polar surface area (TPSA) is 122 Å². The van der Waals surface area contributed by atoms with Crippen molar-refractivity contribution in [1.82, 2.24) is 14.5 Å². The predicted molar refractivity (Wildman–Crippen MR) is 145 cm³/mol. The molecule has 9 nitrogen and oxygen atoms in total. The molecule has 206 valence electrons. The first-order valence-corrected chi connectivity index (χ1v) is 13.7. The summed E-state index contributed by atoms with van der Waals surface area (Å²) in [5.41, 5.74) is -0.471. The number of nitrogens with zero attached hydrogens (tertiary/aromatic N) is 2. The van der Waals surface area contributed by atoms with Crippen molar-refractivity contribution in [3.8, 4) is 0 Å². The van der Waals surface area contributed by atoms with Gasteiger partial charge in [-0.2, -0.15) is 0 Å². The quantitative estimate of drug-likeness (QED) is 0.398. The van der Waals surface area contributed by atoms with Crippen LogP contribution in [0.25, 0.3) is 10.9 Å². The van der Waals surface area contributed by atoms with Crippen LogP contribution in [0.1, 0.15) is 75.4 Å². The third-order valence-electron chi connectivity index (χ3n) is 7.90. The fraction of sp³-hybridized carbons (Fsp3) is 0.448. The van der Waals surface area contributed by atoms with E-state index < -0.39 is 41.5 Å². The fourth-order valence-corrected chi connectivity index (χ4v) is 5.91. The lowest BCUT2D eigenvalue weighted by Gasteiger charge is -2.25. The van der Waals surface area contributed by atoms with Gasteiger partial charge in [0.2, 0.25) is 5.91 Å². The summed E-state index contributed by atoms with van der Waals surface area (Å²) in [5, 5.41) is 15.4. The zero-order chi connectivity index (χ0) is 27.5. The molecule has 39 heavy (non-hydrogen) atoms. The lowest BCUT2D eigenvalue weighted by molar-refractivity contribution is -0.142. The third kappa shape index (κ3) is 5.60. The molecule has 1 atom stereocenters. The van der Waals surface area contributed by atoms with Crippen LogP contribution in [-0.4, -0.2) is 32.2 Å². The zero-order valence-electron chi connectivity index (χ0n) is 21.7. The van der Waals surface area contributed by atoms with Gasteiger partial charge in [0, 0.05) is 12.1 Å². The first-order chi connectivity index (χ1) is 18.8. The second kappa shape index (κ2) is 11.4. The van der Waals surface area contributed by atoms with Gasteiger partial charge in [-0.1, -0.05) is 62.4 Å². The van der Waals surface area contributed by atoms with Crippen LogP contribution in [0.15, 0.2) is 52.1 Å². The van der Waals surface area contributed by atoms with Crippen molar-refractivity contribution in [3.63, 3.8) is 0 Å². The van der Waals surface area contributed by atoms with Crippen molar-refractivity contribution < 1.29 is 19.1 Å². The van der Waals surface area contributed by atoms with Crippen molar-refractivity contribution in [2.24, 2.45) is 0 Å². The Morgan fingerprint density at radius 2 is 1.64 bits per heavy atom. The molecule has 2 aliphatic carbocycles. The zero-order valence-corrected chi connectivity index (χ0v) is 21.7. The number of carboxylic acids is 1. The van der Waals surface area contributed by atoms with Crippen LogP contribution in [0.5, 0.6) is 0 Å². The van der Waals surface area contributed by atoms with Crippen molar-refractivity contribution in [3.05, 3.63) is 74.7 Å². The lowest BCUT2D eigenvalue weighted by Crippen LogP contribution is -2.45. The van der Waals surface area contributed by atoms with Gasteiger partial charge in [-0.15, -0.1) is 0 Å². The van der Waals surface area contributed by atoms with Crippen LogP contribution in [-0.2, 0) is 16.1 Å². The van der Waals surface area contributed by atoms with E-state index in [1.807, 2.05) is 0 Å². The largest absolute Gasteiger partial charge is 0.479 e. The number of benzene rings is 2. The number of amides is 1. The van der Waals surface area contributed by atoms with E-state index in [1.54, 1.807) is 36.4 Å². The number of carbonyl (C=O) groups is 2. The second-order valence-electron chi connectivity index (χ2n) is 10.6. The Labute approximate surface area is 224 Å². The average molecular weight is 537 g/mol. The molecule has 0 aliphatic heterocycles. The van der Waals surface area contributed by atoms with Gasteiger partial charge in [-0.05, 0) is 43.4 Å². The Bertz CT molecular complexity index is 1490. The van der Waals surface area contributed by atoms with E-state index >= 15 is 4.39 Å². The minimum absolute atomic E-state index is 0.0128. The lowest BCUT2D eigenvalue weighted by atomic mass is 9.95. The highest BCUT2D eigenvalue weighted by Gasteiger charge is 2.27. The molecule has 2 fully saturated rings. The number of rotatable bonds is 8. The molecule has 3 N–H and O–H groups in total. The number of fused-ring (bicyclic) bond motifs is 1. The average Bonchev–Trinajstić information content (AvgIpc) is 3.46. The minimum atomic E-state index is -1.35. The van der Waals surface area contributed by atoms with Crippen LogP contribution < -0.4 is 21.9 Å². The molecule has 0 radical (unpaired) electrons. The van der Waals surface area contributed by atoms with Gasteiger partial charge in [0.05, 0.1) is 16.6 Å². The van der Waals surface area contributed by atoms with Gasteiger partial charge in [0.25, 0.3) is 5.56 Å². The van der Waals surface area contributed by atoms with Gasteiger partial charge < -0.3 is 15.7 Å². The number of aromatic nitrogens is 2. The molecule has 0 spiro atoms. The molecule has 1 aromatic heterocycles. The fourth-order valence-electron chi connectivity index (χ4n) is 5.91. The number of halogens is 1. The van der Waals surface area contributed by atoms with E-state index in [1.165, 1.54) is 4.57 Å². The van der Waals surface area contributed by atoms with Crippen LogP contribution in [0, 0.1) is 5.82 Å².